The number of aryl methyl sites for hydroxylation is 1. The van der Waals surface area contributed by atoms with Gasteiger partial charge in [-0.15, -0.1) is 0 Å². The summed E-state index contributed by atoms with van der Waals surface area (Å²) in [5.41, 5.74) is 8.78. The molecule has 1 aliphatic carbocycles. The predicted octanol–water partition coefficient (Wildman–Crippen LogP) is 3.93. The highest BCUT2D eigenvalue weighted by atomic mass is 19.1. The van der Waals surface area contributed by atoms with Gasteiger partial charge in [-0.05, 0) is 55.4 Å². The summed E-state index contributed by atoms with van der Waals surface area (Å²) in [5.74, 6) is 0.449. The highest BCUT2D eigenvalue weighted by Crippen LogP contribution is 2.48. The molecule has 0 spiro atoms. The number of hydrogen-bond acceptors (Lipinski definition) is 1. The van der Waals surface area contributed by atoms with Crippen LogP contribution in [0.3, 0.4) is 0 Å². The van der Waals surface area contributed by atoms with E-state index in [1.807, 2.05) is 6.07 Å². The minimum atomic E-state index is -0.140. The summed E-state index contributed by atoms with van der Waals surface area (Å²) in [6, 6.07) is 5.27. The molecule has 1 aromatic rings. The summed E-state index contributed by atoms with van der Waals surface area (Å²) in [5, 5.41) is 0. The molecule has 0 heterocycles. The molecule has 1 unspecified atom stereocenters. The molecule has 1 saturated carbocycles. The lowest BCUT2D eigenvalue weighted by atomic mass is 9.58. The first-order valence-corrected chi connectivity index (χ1v) is 6.98. The Morgan fingerprint density at radius 2 is 2.00 bits per heavy atom. The van der Waals surface area contributed by atoms with Crippen molar-refractivity contribution in [1.82, 2.24) is 0 Å². The topological polar surface area (TPSA) is 26.0 Å². The Morgan fingerprint density at radius 1 is 1.33 bits per heavy atom. The smallest absolute Gasteiger partial charge is 0.123 e. The normalized spacial score (nSPS) is 19.7. The molecule has 2 rings (SSSR count). The van der Waals surface area contributed by atoms with Gasteiger partial charge in [0.05, 0.1) is 0 Å². The maximum absolute atomic E-state index is 13.5. The molecule has 100 valence electrons. The molecule has 1 atom stereocenters. The van der Waals surface area contributed by atoms with Gasteiger partial charge in [0.2, 0.25) is 0 Å². The van der Waals surface area contributed by atoms with Gasteiger partial charge in [0, 0.05) is 11.5 Å². The Hall–Kier alpha value is -0.890. The van der Waals surface area contributed by atoms with E-state index in [2.05, 4.69) is 20.8 Å². The van der Waals surface area contributed by atoms with Crippen LogP contribution >= 0.6 is 0 Å². The van der Waals surface area contributed by atoms with Crippen LogP contribution in [0, 0.1) is 18.7 Å². The van der Waals surface area contributed by atoms with Crippen molar-refractivity contribution in [1.29, 1.82) is 0 Å². The van der Waals surface area contributed by atoms with E-state index >= 15 is 0 Å². The molecule has 1 aromatic carbocycles. The first kappa shape index (κ1) is 13.5. The summed E-state index contributed by atoms with van der Waals surface area (Å²) in [4.78, 5) is 0. The summed E-state index contributed by atoms with van der Waals surface area (Å²) in [6.45, 7) is 6.46. The van der Waals surface area contributed by atoms with Gasteiger partial charge >= 0.3 is 0 Å². The third-order valence-corrected chi connectivity index (χ3v) is 4.42. The molecule has 2 heteroatoms. The van der Waals surface area contributed by atoms with Gasteiger partial charge in [-0.2, -0.15) is 0 Å². The van der Waals surface area contributed by atoms with Crippen LogP contribution in [-0.2, 0) is 5.41 Å². The van der Waals surface area contributed by atoms with Crippen molar-refractivity contribution in [3.05, 3.63) is 35.1 Å². The molecule has 2 N–H and O–H groups in total. The highest BCUT2D eigenvalue weighted by Gasteiger charge is 2.44. The van der Waals surface area contributed by atoms with Gasteiger partial charge in [-0.25, -0.2) is 4.39 Å². The Labute approximate surface area is 110 Å². The van der Waals surface area contributed by atoms with E-state index in [0.717, 1.165) is 24.8 Å². The SMILES string of the molecule is Cc1ccc(F)cc1C1(C(N)CC(C)C)CCC1. The van der Waals surface area contributed by atoms with E-state index in [0.29, 0.717) is 5.92 Å². The second kappa shape index (κ2) is 5.00. The van der Waals surface area contributed by atoms with Gasteiger partial charge in [-0.1, -0.05) is 26.3 Å². The highest BCUT2D eigenvalue weighted by molar-refractivity contribution is 5.37. The van der Waals surface area contributed by atoms with Crippen molar-refractivity contribution in [2.24, 2.45) is 11.7 Å². The number of rotatable bonds is 4. The first-order valence-electron chi connectivity index (χ1n) is 6.98. The first-order chi connectivity index (χ1) is 8.45. The van der Waals surface area contributed by atoms with Gasteiger partial charge in [0.25, 0.3) is 0 Å². The van der Waals surface area contributed by atoms with Crippen molar-refractivity contribution in [2.45, 2.75) is 57.9 Å². The number of hydrogen-bond donors (Lipinski definition) is 1. The molecule has 18 heavy (non-hydrogen) atoms. The molecular weight excluding hydrogens is 225 g/mol. The van der Waals surface area contributed by atoms with Crippen LogP contribution in [0.1, 0.15) is 50.7 Å². The van der Waals surface area contributed by atoms with E-state index in [9.17, 15) is 4.39 Å². The average Bonchev–Trinajstić information content (AvgIpc) is 2.20. The molecule has 0 aromatic heterocycles. The van der Waals surface area contributed by atoms with Gasteiger partial charge in [0.15, 0.2) is 0 Å². The van der Waals surface area contributed by atoms with Gasteiger partial charge in [-0.3, -0.25) is 0 Å². The van der Waals surface area contributed by atoms with E-state index in [1.165, 1.54) is 12.0 Å². The summed E-state index contributed by atoms with van der Waals surface area (Å²) in [6.07, 6.45) is 4.42. The average molecular weight is 249 g/mol. The van der Waals surface area contributed by atoms with Crippen LogP contribution in [0.4, 0.5) is 4.39 Å². The predicted molar refractivity (Wildman–Crippen MR) is 74.1 cm³/mol. The zero-order chi connectivity index (χ0) is 13.3. The monoisotopic (exact) mass is 249 g/mol. The van der Waals surface area contributed by atoms with Crippen molar-refractivity contribution in [3.63, 3.8) is 0 Å². The quantitative estimate of drug-likeness (QED) is 0.859. The molecule has 0 amide bonds. The van der Waals surface area contributed by atoms with E-state index < -0.39 is 0 Å². The van der Waals surface area contributed by atoms with Crippen LogP contribution in [0.25, 0.3) is 0 Å². The van der Waals surface area contributed by atoms with Gasteiger partial charge < -0.3 is 5.73 Å². The van der Waals surface area contributed by atoms with Crippen LogP contribution in [0.2, 0.25) is 0 Å². The fourth-order valence-electron chi connectivity index (χ4n) is 3.26. The molecule has 1 nitrogen and oxygen atoms in total. The summed E-state index contributed by atoms with van der Waals surface area (Å²) in [7, 11) is 0. The fraction of sp³-hybridized carbons (Fsp3) is 0.625. The second-order valence-electron chi connectivity index (χ2n) is 6.20. The van der Waals surface area contributed by atoms with Crippen molar-refractivity contribution in [2.75, 3.05) is 0 Å². The molecule has 0 radical (unpaired) electrons. The molecular formula is C16H24FN. The minimum absolute atomic E-state index is 0.0243. The van der Waals surface area contributed by atoms with Crippen LogP contribution in [0.5, 0.6) is 0 Å². The minimum Gasteiger partial charge on any atom is -0.327 e. The van der Waals surface area contributed by atoms with Crippen molar-refractivity contribution >= 4 is 0 Å². The van der Waals surface area contributed by atoms with Crippen LogP contribution in [0.15, 0.2) is 18.2 Å². The Kier molecular flexibility index (Phi) is 3.76. The summed E-state index contributed by atoms with van der Waals surface area (Å²) >= 11 is 0. The third-order valence-electron chi connectivity index (χ3n) is 4.42. The van der Waals surface area contributed by atoms with Crippen molar-refractivity contribution < 1.29 is 4.39 Å². The lowest BCUT2D eigenvalue weighted by Gasteiger charge is -2.48. The van der Waals surface area contributed by atoms with E-state index in [-0.39, 0.29) is 17.3 Å². The molecule has 1 aliphatic rings. The maximum Gasteiger partial charge on any atom is 0.123 e. The zero-order valence-electron chi connectivity index (χ0n) is 11.7. The lowest BCUT2D eigenvalue weighted by molar-refractivity contribution is 0.177. The Bertz CT molecular complexity index is 421. The Balaban J connectivity index is 2.34. The third kappa shape index (κ3) is 2.31. The Morgan fingerprint density at radius 3 is 2.50 bits per heavy atom. The lowest BCUT2D eigenvalue weighted by Crippen LogP contribution is -2.51. The number of nitrogens with two attached hydrogens (primary N) is 1. The van der Waals surface area contributed by atoms with Crippen LogP contribution < -0.4 is 5.73 Å². The summed E-state index contributed by atoms with van der Waals surface area (Å²) < 4.78 is 13.5. The van der Waals surface area contributed by atoms with Gasteiger partial charge in [0.1, 0.15) is 5.82 Å². The molecule has 0 aliphatic heterocycles. The van der Waals surface area contributed by atoms with Crippen LogP contribution in [-0.4, -0.2) is 6.04 Å². The largest absolute Gasteiger partial charge is 0.327 e. The fourth-order valence-corrected chi connectivity index (χ4v) is 3.26. The molecule has 0 saturated heterocycles. The second-order valence-corrected chi connectivity index (χ2v) is 6.20. The maximum atomic E-state index is 13.5. The zero-order valence-corrected chi connectivity index (χ0v) is 11.7. The standard InChI is InChI=1S/C16H24FN/c1-11(2)9-15(18)16(7-4-8-16)14-10-13(17)6-5-12(14)3/h5-6,10-11,15H,4,7-9,18H2,1-3H3. The number of benzene rings is 1. The molecule has 1 fully saturated rings. The molecule has 0 bridgehead atoms. The van der Waals surface area contributed by atoms with Crippen molar-refractivity contribution in [3.8, 4) is 0 Å². The van der Waals surface area contributed by atoms with E-state index in [4.69, 9.17) is 5.73 Å². The van der Waals surface area contributed by atoms with E-state index in [1.54, 1.807) is 12.1 Å². The number of halogens is 1.